The van der Waals surface area contributed by atoms with Crippen molar-refractivity contribution in [2.24, 2.45) is 0 Å². The molecule has 1 aliphatic heterocycles. The van der Waals surface area contributed by atoms with Crippen molar-refractivity contribution < 1.29 is 19.4 Å². The molecule has 0 unspecified atom stereocenters. The zero-order valence-corrected chi connectivity index (χ0v) is 11.4. The molecule has 1 N–H and O–H groups in total. The molecule has 4 heteroatoms. The molecular weight excluding hydrogens is 256 g/mol. The zero-order valence-electron chi connectivity index (χ0n) is 11.4. The fourth-order valence-electron chi connectivity index (χ4n) is 1.83. The zero-order chi connectivity index (χ0) is 14.5. The molecule has 0 aromatic heterocycles. The minimum Gasteiger partial charge on any atom is -0.478 e. The molecular formula is C16H16O4. The van der Waals surface area contributed by atoms with Crippen molar-refractivity contribution in [1.82, 2.24) is 0 Å². The van der Waals surface area contributed by atoms with Gasteiger partial charge in [0.1, 0.15) is 0 Å². The van der Waals surface area contributed by atoms with Crippen LogP contribution in [0.3, 0.4) is 0 Å². The van der Waals surface area contributed by atoms with Crippen LogP contribution in [0.1, 0.15) is 19.4 Å². The minimum atomic E-state index is -0.941. The summed E-state index contributed by atoms with van der Waals surface area (Å²) in [7, 11) is 0. The van der Waals surface area contributed by atoms with Crippen molar-refractivity contribution in [1.29, 1.82) is 0 Å². The van der Waals surface area contributed by atoms with Crippen LogP contribution in [-0.4, -0.2) is 17.9 Å². The summed E-state index contributed by atoms with van der Waals surface area (Å²) in [5.41, 5.74) is 2.79. The number of carboxylic acids is 1. The number of benzene rings is 1. The molecule has 1 aliphatic rings. The van der Waals surface area contributed by atoms with E-state index < -0.39 is 5.97 Å². The van der Waals surface area contributed by atoms with Gasteiger partial charge in [-0.15, -0.1) is 0 Å². The average molecular weight is 272 g/mol. The van der Waals surface area contributed by atoms with E-state index in [0.29, 0.717) is 5.57 Å². The third-order valence-corrected chi connectivity index (χ3v) is 2.88. The van der Waals surface area contributed by atoms with Crippen molar-refractivity contribution >= 4 is 11.5 Å². The van der Waals surface area contributed by atoms with Crippen molar-refractivity contribution in [2.45, 2.75) is 13.8 Å². The predicted octanol–water partition coefficient (Wildman–Crippen LogP) is 3.41. The van der Waals surface area contributed by atoms with Gasteiger partial charge in [0, 0.05) is 6.08 Å². The van der Waals surface area contributed by atoms with E-state index in [4.69, 9.17) is 14.6 Å². The Labute approximate surface area is 117 Å². The normalized spacial score (nSPS) is 14.9. The maximum atomic E-state index is 10.5. The molecule has 1 aromatic rings. The third-order valence-electron chi connectivity index (χ3n) is 2.88. The molecule has 0 amide bonds. The Morgan fingerprint density at radius 3 is 2.75 bits per heavy atom. The van der Waals surface area contributed by atoms with E-state index in [1.54, 1.807) is 13.0 Å². The van der Waals surface area contributed by atoms with Gasteiger partial charge >= 0.3 is 5.97 Å². The van der Waals surface area contributed by atoms with Gasteiger partial charge < -0.3 is 14.6 Å². The smallest absolute Gasteiger partial charge is 0.328 e. The van der Waals surface area contributed by atoms with E-state index in [1.165, 1.54) is 6.08 Å². The van der Waals surface area contributed by atoms with Gasteiger partial charge in [-0.2, -0.15) is 0 Å². The number of allylic oxidation sites excluding steroid dienone is 5. The second-order valence-corrected chi connectivity index (χ2v) is 4.50. The summed E-state index contributed by atoms with van der Waals surface area (Å²) in [5, 5.41) is 8.61. The van der Waals surface area contributed by atoms with Gasteiger partial charge in [0.05, 0.1) is 0 Å². The standard InChI is InChI=1S/C16H16O4/c1-11(8-16(17)18)4-3-5-12(2)13-6-7-14-15(9-13)20-10-19-14/h3-9H,10H2,1-2H3,(H,17,18)/b4-3+,11-8+,12-5+. The van der Waals surface area contributed by atoms with E-state index in [9.17, 15) is 4.79 Å². The summed E-state index contributed by atoms with van der Waals surface area (Å²) in [6.45, 7) is 3.99. The number of carboxylic acid groups (broad SMARTS) is 1. The van der Waals surface area contributed by atoms with Gasteiger partial charge in [-0.3, -0.25) is 0 Å². The average Bonchev–Trinajstić information content (AvgIpc) is 2.84. The van der Waals surface area contributed by atoms with E-state index in [-0.39, 0.29) is 6.79 Å². The van der Waals surface area contributed by atoms with E-state index in [2.05, 4.69) is 0 Å². The summed E-state index contributed by atoms with van der Waals surface area (Å²) in [5.74, 6) is 0.571. The van der Waals surface area contributed by atoms with Crippen molar-refractivity contribution in [3.05, 3.63) is 53.6 Å². The number of carbonyl (C=O) groups is 1. The fraction of sp³-hybridized carbons (Fsp3) is 0.188. The van der Waals surface area contributed by atoms with E-state index in [0.717, 1.165) is 22.6 Å². The summed E-state index contributed by atoms with van der Waals surface area (Å²) in [6, 6.07) is 5.78. The molecule has 0 spiro atoms. The highest BCUT2D eigenvalue weighted by molar-refractivity contribution is 5.81. The maximum Gasteiger partial charge on any atom is 0.328 e. The Balaban J connectivity index is 2.11. The summed E-state index contributed by atoms with van der Waals surface area (Å²) >= 11 is 0. The monoisotopic (exact) mass is 272 g/mol. The fourth-order valence-corrected chi connectivity index (χ4v) is 1.83. The molecule has 0 aliphatic carbocycles. The highest BCUT2D eigenvalue weighted by atomic mass is 16.7. The lowest BCUT2D eigenvalue weighted by Gasteiger charge is -2.02. The molecule has 1 aromatic carbocycles. The lowest BCUT2D eigenvalue weighted by Crippen LogP contribution is -1.92. The number of hydrogen-bond acceptors (Lipinski definition) is 3. The molecule has 2 rings (SSSR count). The summed E-state index contributed by atoms with van der Waals surface area (Å²) in [4.78, 5) is 10.5. The Kier molecular flexibility index (Phi) is 4.25. The second-order valence-electron chi connectivity index (χ2n) is 4.50. The topological polar surface area (TPSA) is 55.8 Å². The first-order chi connectivity index (χ1) is 9.56. The summed E-state index contributed by atoms with van der Waals surface area (Å²) < 4.78 is 10.6. The Hall–Kier alpha value is -2.49. The molecule has 0 bridgehead atoms. The van der Waals surface area contributed by atoms with Gasteiger partial charge in [-0.1, -0.05) is 24.3 Å². The van der Waals surface area contributed by atoms with Gasteiger partial charge in [0.25, 0.3) is 0 Å². The quantitative estimate of drug-likeness (QED) is 0.674. The number of hydrogen-bond donors (Lipinski definition) is 1. The first-order valence-electron chi connectivity index (χ1n) is 6.22. The lowest BCUT2D eigenvalue weighted by molar-refractivity contribution is -0.131. The van der Waals surface area contributed by atoms with Crippen LogP contribution in [0, 0.1) is 0 Å². The minimum absolute atomic E-state index is 0.265. The molecule has 0 saturated carbocycles. The summed E-state index contributed by atoms with van der Waals surface area (Å²) in [6.07, 6.45) is 6.68. The van der Waals surface area contributed by atoms with E-state index in [1.807, 2.05) is 37.3 Å². The van der Waals surface area contributed by atoms with Gasteiger partial charge in [0.2, 0.25) is 6.79 Å². The number of fused-ring (bicyclic) bond motifs is 1. The first-order valence-corrected chi connectivity index (χ1v) is 6.22. The Morgan fingerprint density at radius 2 is 2.00 bits per heavy atom. The largest absolute Gasteiger partial charge is 0.478 e. The van der Waals surface area contributed by atoms with Crippen LogP contribution in [0.2, 0.25) is 0 Å². The number of aliphatic carboxylic acids is 1. The number of rotatable bonds is 4. The molecule has 4 nitrogen and oxygen atoms in total. The molecule has 104 valence electrons. The highest BCUT2D eigenvalue weighted by Gasteiger charge is 2.13. The molecule has 1 heterocycles. The molecule has 20 heavy (non-hydrogen) atoms. The lowest BCUT2D eigenvalue weighted by atomic mass is 10.1. The van der Waals surface area contributed by atoms with Gasteiger partial charge in [-0.25, -0.2) is 4.79 Å². The van der Waals surface area contributed by atoms with Crippen molar-refractivity contribution in [3.63, 3.8) is 0 Å². The van der Waals surface area contributed by atoms with E-state index >= 15 is 0 Å². The van der Waals surface area contributed by atoms with Crippen LogP contribution in [0.5, 0.6) is 11.5 Å². The second kappa shape index (κ2) is 6.10. The maximum absolute atomic E-state index is 10.5. The highest BCUT2D eigenvalue weighted by Crippen LogP contribution is 2.34. The molecule has 0 fully saturated rings. The van der Waals surface area contributed by atoms with Gasteiger partial charge in [-0.05, 0) is 42.7 Å². The van der Waals surface area contributed by atoms with Crippen LogP contribution >= 0.6 is 0 Å². The van der Waals surface area contributed by atoms with Crippen molar-refractivity contribution in [2.75, 3.05) is 6.79 Å². The van der Waals surface area contributed by atoms with Crippen LogP contribution < -0.4 is 9.47 Å². The van der Waals surface area contributed by atoms with Crippen LogP contribution in [0.25, 0.3) is 5.57 Å². The predicted molar refractivity (Wildman–Crippen MR) is 76.7 cm³/mol. The van der Waals surface area contributed by atoms with Crippen LogP contribution in [-0.2, 0) is 4.79 Å². The van der Waals surface area contributed by atoms with Crippen molar-refractivity contribution in [3.8, 4) is 11.5 Å². The first kappa shape index (κ1) is 13.9. The number of ether oxygens (including phenoxy) is 2. The molecule has 0 saturated heterocycles. The van der Waals surface area contributed by atoms with Gasteiger partial charge in [0.15, 0.2) is 11.5 Å². The molecule has 0 radical (unpaired) electrons. The van der Waals surface area contributed by atoms with Crippen LogP contribution in [0.15, 0.2) is 48.1 Å². The third kappa shape index (κ3) is 3.51. The van der Waals surface area contributed by atoms with Crippen LogP contribution in [0.4, 0.5) is 0 Å². The SMILES string of the molecule is CC(/C=C/C=C(\C)c1ccc2c(c1)OCO2)=C\C(=O)O. The Morgan fingerprint density at radius 1 is 1.25 bits per heavy atom. The Bertz CT molecular complexity index is 609. The molecule has 0 atom stereocenters.